The summed E-state index contributed by atoms with van der Waals surface area (Å²) in [7, 11) is -2.54. The highest BCUT2D eigenvalue weighted by molar-refractivity contribution is 7.89. The number of hydrogen-bond donors (Lipinski definition) is 3. The van der Waals surface area contributed by atoms with Gasteiger partial charge in [0.25, 0.3) is 0 Å². The second kappa shape index (κ2) is 8.58. The number of rotatable bonds is 8. The van der Waals surface area contributed by atoms with E-state index in [1.807, 2.05) is 0 Å². The molecule has 1 atom stereocenters. The Morgan fingerprint density at radius 3 is 2.24 bits per heavy atom. The lowest BCUT2D eigenvalue weighted by Crippen LogP contribution is -2.45. The first-order valence-electron chi connectivity index (χ1n) is 7.39. The molecule has 25 heavy (non-hydrogen) atoms. The number of aliphatic carboxylic acids is 1. The minimum absolute atomic E-state index is 0.0222. The number of anilines is 1. The summed E-state index contributed by atoms with van der Waals surface area (Å²) in [6, 6.07) is 4.42. The average molecular weight is 371 g/mol. The van der Waals surface area contributed by atoms with Crippen LogP contribution in [-0.4, -0.2) is 55.8 Å². The molecular weight excluding hydrogens is 350 g/mol. The minimum Gasteiger partial charge on any atom is -0.481 e. The Balaban J connectivity index is 2.77. The molecular formula is C15H21N3O6S. The van der Waals surface area contributed by atoms with Crippen LogP contribution < -0.4 is 10.0 Å². The van der Waals surface area contributed by atoms with E-state index in [0.29, 0.717) is 5.69 Å². The van der Waals surface area contributed by atoms with Crippen molar-refractivity contribution in [2.75, 3.05) is 18.9 Å². The van der Waals surface area contributed by atoms with Crippen molar-refractivity contribution in [3.63, 3.8) is 0 Å². The number of amides is 2. The highest BCUT2D eigenvalue weighted by Crippen LogP contribution is 2.14. The highest BCUT2D eigenvalue weighted by atomic mass is 32.2. The number of benzene rings is 1. The van der Waals surface area contributed by atoms with E-state index in [9.17, 15) is 22.8 Å². The van der Waals surface area contributed by atoms with Gasteiger partial charge in [-0.05, 0) is 31.2 Å². The Kier molecular flexibility index (Phi) is 7.07. The molecule has 2 amide bonds. The van der Waals surface area contributed by atoms with E-state index in [2.05, 4.69) is 10.0 Å². The average Bonchev–Trinajstić information content (AvgIpc) is 2.51. The van der Waals surface area contributed by atoms with Gasteiger partial charge < -0.3 is 15.3 Å². The minimum atomic E-state index is -3.94. The molecule has 0 saturated heterocycles. The normalized spacial score (nSPS) is 12.3. The lowest BCUT2D eigenvalue weighted by molar-refractivity contribution is -0.138. The van der Waals surface area contributed by atoms with Crippen LogP contribution in [0.5, 0.6) is 0 Å². The Labute approximate surface area is 146 Å². The number of carbonyl (C=O) groups is 3. The van der Waals surface area contributed by atoms with Crippen LogP contribution in [0.1, 0.15) is 20.3 Å². The second-order valence-electron chi connectivity index (χ2n) is 5.45. The van der Waals surface area contributed by atoms with Crippen LogP contribution in [0.3, 0.4) is 0 Å². The summed E-state index contributed by atoms with van der Waals surface area (Å²) >= 11 is 0. The molecule has 0 aliphatic heterocycles. The molecule has 1 aromatic carbocycles. The Bertz CT molecular complexity index is 745. The Morgan fingerprint density at radius 1 is 1.20 bits per heavy atom. The fraction of sp³-hybridized carbons (Fsp3) is 0.400. The van der Waals surface area contributed by atoms with Gasteiger partial charge in [0.05, 0.1) is 17.4 Å². The standard InChI is InChI=1S/C15H21N3O6S/c1-10(15(22)18(3)9-8-14(20)21)17-25(23,24)13-6-4-12(5-7-13)16-11(2)19/h4-7,10,17H,8-9H2,1-3H3,(H,16,19)(H,20,21). The van der Waals surface area contributed by atoms with E-state index < -0.39 is 27.9 Å². The molecule has 1 rings (SSSR count). The molecule has 0 fully saturated rings. The monoisotopic (exact) mass is 371 g/mol. The molecule has 0 aliphatic rings. The van der Waals surface area contributed by atoms with Gasteiger partial charge in [-0.15, -0.1) is 0 Å². The van der Waals surface area contributed by atoms with Crippen molar-refractivity contribution >= 4 is 33.5 Å². The number of nitrogens with zero attached hydrogens (tertiary/aromatic N) is 1. The summed E-state index contributed by atoms with van der Waals surface area (Å²) in [5, 5.41) is 11.1. The first-order chi connectivity index (χ1) is 11.5. The fourth-order valence-electron chi connectivity index (χ4n) is 1.98. The number of carboxylic acids is 1. The summed E-state index contributed by atoms with van der Waals surface area (Å²) in [5.41, 5.74) is 0.448. The summed E-state index contributed by atoms with van der Waals surface area (Å²) in [6.45, 7) is 2.69. The van der Waals surface area contributed by atoms with Crippen molar-refractivity contribution in [1.29, 1.82) is 0 Å². The third kappa shape index (κ3) is 6.51. The first-order valence-corrected chi connectivity index (χ1v) is 8.88. The van der Waals surface area contributed by atoms with Gasteiger partial charge in [-0.3, -0.25) is 14.4 Å². The van der Waals surface area contributed by atoms with Crippen LogP contribution in [0, 0.1) is 0 Å². The number of likely N-dealkylation sites (N-methyl/N-ethyl adjacent to an activating group) is 1. The van der Waals surface area contributed by atoms with Crippen molar-refractivity contribution in [3.05, 3.63) is 24.3 Å². The van der Waals surface area contributed by atoms with Crippen molar-refractivity contribution in [2.24, 2.45) is 0 Å². The highest BCUT2D eigenvalue weighted by Gasteiger charge is 2.24. The molecule has 0 spiro atoms. The predicted octanol–water partition coefficient (Wildman–Crippen LogP) is 0.245. The topological polar surface area (TPSA) is 133 Å². The quantitative estimate of drug-likeness (QED) is 0.600. The lowest BCUT2D eigenvalue weighted by atomic mass is 10.3. The van der Waals surface area contributed by atoms with Gasteiger partial charge in [-0.25, -0.2) is 8.42 Å². The zero-order valence-electron chi connectivity index (χ0n) is 14.1. The molecule has 3 N–H and O–H groups in total. The maximum Gasteiger partial charge on any atom is 0.305 e. The van der Waals surface area contributed by atoms with E-state index in [1.54, 1.807) is 0 Å². The van der Waals surface area contributed by atoms with Gasteiger partial charge in [0.15, 0.2) is 0 Å². The maximum atomic E-state index is 12.3. The SMILES string of the molecule is CC(=O)Nc1ccc(S(=O)(=O)NC(C)C(=O)N(C)CCC(=O)O)cc1. The Hall–Kier alpha value is -2.46. The lowest BCUT2D eigenvalue weighted by Gasteiger charge is -2.21. The molecule has 1 aromatic rings. The Morgan fingerprint density at radius 2 is 1.76 bits per heavy atom. The van der Waals surface area contributed by atoms with Crippen molar-refractivity contribution < 1.29 is 27.9 Å². The largest absolute Gasteiger partial charge is 0.481 e. The zero-order chi connectivity index (χ0) is 19.2. The van der Waals surface area contributed by atoms with Gasteiger partial charge in [0.2, 0.25) is 21.8 Å². The molecule has 1 unspecified atom stereocenters. The molecule has 0 heterocycles. The van der Waals surface area contributed by atoms with Gasteiger partial charge in [-0.1, -0.05) is 0 Å². The van der Waals surface area contributed by atoms with E-state index in [0.717, 1.165) is 4.90 Å². The van der Waals surface area contributed by atoms with Crippen LogP contribution in [0.15, 0.2) is 29.2 Å². The molecule has 0 saturated carbocycles. The van der Waals surface area contributed by atoms with Crippen LogP contribution in [0.25, 0.3) is 0 Å². The molecule has 0 aromatic heterocycles. The van der Waals surface area contributed by atoms with Crippen molar-refractivity contribution in [3.8, 4) is 0 Å². The summed E-state index contributed by atoms with van der Waals surface area (Å²) in [5.74, 6) is -1.87. The van der Waals surface area contributed by atoms with E-state index in [4.69, 9.17) is 5.11 Å². The molecule has 0 aliphatic carbocycles. The molecule has 9 nitrogen and oxygen atoms in total. The second-order valence-corrected chi connectivity index (χ2v) is 7.17. The van der Waals surface area contributed by atoms with Gasteiger partial charge in [0.1, 0.15) is 0 Å². The smallest absolute Gasteiger partial charge is 0.305 e. The summed E-state index contributed by atoms with van der Waals surface area (Å²) in [6.07, 6.45) is -0.230. The number of hydrogen-bond acceptors (Lipinski definition) is 5. The third-order valence-electron chi connectivity index (χ3n) is 3.22. The van der Waals surface area contributed by atoms with E-state index >= 15 is 0 Å². The molecule has 138 valence electrons. The number of carboxylic acid groups (broad SMARTS) is 1. The van der Waals surface area contributed by atoms with Crippen LogP contribution in [0.4, 0.5) is 5.69 Å². The number of sulfonamides is 1. The fourth-order valence-corrected chi connectivity index (χ4v) is 3.17. The van der Waals surface area contributed by atoms with Gasteiger partial charge in [-0.2, -0.15) is 4.72 Å². The molecule has 10 heteroatoms. The molecule has 0 radical (unpaired) electrons. The van der Waals surface area contributed by atoms with E-state index in [-0.39, 0.29) is 23.8 Å². The predicted molar refractivity (Wildman–Crippen MR) is 90.4 cm³/mol. The molecule has 0 bridgehead atoms. The van der Waals surface area contributed by atoms with E-state index in [1.165, 1.54) is 45.2 Å². The van der Waals surface area contributed by atoms with Crippen LogP contribution in [-0.2, 0) is 24.4 Å². The van der Waals surface area contributed by atoms with Crippen LogP contribution >= 0.6 is 0 Å². The zero-order valence-corrected chi connectivity index (χ0v) is 15.0. The number of nitrogens with one attached hydrogen (secondary N) is 2. The maximum absolute atomic E-state index is 12.3. The summed E-state index contributed by atoms with van der Waals surface area (Å²) in [4.78, 5) is 34.7. The number of carbonyl (C=O) groups excluding carboxylic acids is 2. The van der Waals surface area contributed by atoms with Gasteiger partial charge >= 0.3 is 5.97 Å². The first kappa shape index (κ1) is 20.6. The van der Waals surface area contributed by atoms with Crippen molar-refractivity contribution in [1.82, 2.24) is 9.62 Å². The summed E-state index contributed by atoms with van der Waals surface area (Å²) < 4.78 is 26.9. The van der Waals surface area contributed by atoms with Crippen molar-refractivity contribution in [2.45, 2.75) is 31.2 Å². The van der Waals surface area contributed by atoms with Gasteiger partial charge in [0, 0.05) is 26.2 Å². The third-order valence-corrected chi connectivity index (χ3v) is 4.78. The van der Waals surface area contributed by atoms with Crippen LogP contribution in [0.2, 0.25) is 0 Å².